The van der Waals surface area contributed by atoms with Gasteiger partial charge in [-0.2, -0.15) is 0 Å². The number of unbranched alkanes of at least 4 members (excludes halogenated alkanes) is 2. The Bertz CT molecular complexity index is 1410. The molecule has 1 aliphatic carbocycles. The Hall–Kier alpha value is -3.60. The quantitative estimate of drug-likeness (QED) is 0.0146. The number of hydrogen-bond donors (Lipinski definition) is 6. The average Bonchev–Trinajstić information content (AvgIpc) is 3.78. The van der Waals surface area contributed by atoms with Gasteiger partial charge in [-0.3, -0.25) is 19.6 Å². The fourth-order valence-electron chi connectivity index (χ4n) is 6.34. The van der Waals surface area contributed by atoms with E-state index >= 15 is 0 Å². The average molecular weight is 836 g/mol. The molecule has 16 heteroatoms. The van der Waals surface area contributed by atoms with Crippen molar-refractivity contribution in [1.29, 1.82) is 0 Å². The number of hydrazine groups is 4. The van der Waals surface area contributed by atoms with Gasteiger partial charge in [-0.05, 0) is 114 Å². The first-order chi connectivity index (χ1) is 25.2. The summed E-state index contributed by atoms with van der Waals surface area (Å²) in [5.41, 5.74) is 24.8. The number of allylic oxidation sites excluding steroid dienone is 2. The van der Waals surface area contributed by atoms with Crippen molar-refractivity contribution < 1.29 is 19.1 Å². The van der Waals surface area contributed by atoms with Gasteiger partial charge in [0.25, 0.3) is 5.91 Å². The van der Waals surface area contributed by atoms with Crippen LogP contribution in [0, 0.1) is 5.92 Å². The Morgan fingerprint density at radius 2 is 1.62 bits per heavy atom. The number of alkyl halides is 1. The van der Waals surface area contributed by atoms with Crippen molar-refractivity contribution in [1.82, 2.24) is 42.6 Å². The zero-order valence-electron chi connectivity index (χ0n) is 31.0. The predicted molar refractivity (Wildman–Crippen MR) is 210 cm³/mol. The molecule has 3 aliphatic rings. The molecule has 1 unspecified atom stereocenters. The van der Waals surface area contributed by atoms with Crippen LogP contribution in [0.5, 0.6) is 11.5 Å². The number of rotatable bonds is 23. The highest BCUT2D eigenvalue weighted by Gasteiger charge is 2.23. The lowest BCUT2D eigenvalue weighted by Crippen LogP contribution is -2.39. The molecule has 1 saturated carbocycles. The van der Waals surface area contributed by atoms with Crippen LogP contribution in [0.3, 0.4) is 0 Å². The number of carbonyl (C=O) groups is 2. The molecule has 1 fully saturated rings. The summed E-state index contributed by atoms with van der Waals surface area (Å²) in [6, 6.07) is 3.89. The van der Waals surface area contributed by atoms with Crippen molar-refractivity contribution in [3.8, 4) is 11.5 Å². The maximum atomic E-state index is 13.7. The van der Waals surface area contributed by atoms with Gasteiger partial charge in [0.2, 0.25) is 5.91 Å². The molecule has 1 aromatic rings. The highest BCUT2D eigenvalue weighted by Crippen LogP contribution is 2.33. The molecule has 1 aromatic carbocycles. The molecule has 2 heterocycles. The van der Waals surface area contributed by atoms with E-state index in [-0.39, 0.29) is 17.9 Å². The Morgan fingerprint density at radius 3 is 2.21 bits per heavy atom. The van der Waals surface area contributed by atoms with Gasteiger partial charge >= 0.3 is 0 Å². The SMILES string of the molecule is CC1CCC(NC(=O)c2cc(OCCCCC3=CN(C)NN3)c(CCCNC(=O)CCCN=[N+]=[N-])c(OCCCCC3=CN(C(C)I)NN3)c2)CC1. The van der Waals surface area contributed by atoms with Crippen molar-refractivity contribution in [2.45, 2.75) is 114 Å². The molecule has 6 N–H and O–H groups in total. The number of carbonyl (C=O) groups excluding carboxylic acids is 2. The maximum Gasteiger partial charge on any atom is 0.251 e. The van der Waals surface area contributed by atoms with Crippen molar-refractivity contribution in [2.75, 3.05) is 33.4 Å². The molecule has 1 atom stereocenters. The molecular weight excluding hydrogens is 777 g/mol. The number of benzene rings is 1. The number of azide groups is 1. The fourth-order valence-corrected chi connectivity index (χ4v) is 6.64. The maximum absolute atomic E-state index is 13.7. The molecule has 4 rings (SSSR count). The number of amides is 2. The van der Waals surface area contributed by atoms with Gasteiger partial charge in [-0.1, -0.05) is 34.6 Å². The Morgan fingerprint density at radius 1 is 0.962 bits per heavy atom. The summed E-state index contributed by atoms with van der Waals surface area (Å²) in [7, 11) is 1.95. The third-order valence-corrected chi connectivity index (χ3v) is 9.99. The van der Waals surface area contributed by atoms with E-state index in [1.807, 2.05) is 35.4 Å². The molecule has 0 aromatic heterocycles. The minimum Gasteiger partial charge on any atom is -0.493 e. The van der Waals surface area contributed by atoms with Crippen molar-refractivity contribution >= 4 is 34.4 Å². The lowest BCUT2D eigenvalue weighted by molar-refractivity contribution is -0.121. The molecule has 52 heavy (non-hydrogen) atoms. The number of hydrogen-bond acceptors (Lipinski definition) is 11. The lowest BCUT2D eigenvalue weighted by Gasteiger charge is -2.27. The second kappa shape index (κ2) is 22.5. The van der Waals surface area contributed by atoms with E-state index < -0.39 is 0 Å². The number of halogens is 1. The molecular formula is C36H58IN11O4. The Kier molecular flexibility index (Phi) is 17.8. The predicted octanol–water partition coefficient (Wildman–Crippen LogP) is 5.98. The Balaban J connectivity index is 1.44. The first kappa shape index (κ1) is 41.2. The normalized spacial score (nSPS) is 18.8. The van der Waals surface area contributed by atoms with Gasteiger partial charge in [0.15, 0.2) is 0 Å². The summed E-state index contributed by atoms with van der Waals surface area (Å²) in [5.74, 6) is 1.82. The second-order valence-corrected chi connectivity index (χ2v) is 15.7. The molecule has 0 bridgehead atoms. The smallest absolute Gasteiger partial charge is 0.251 e. The van der Waals surface area contributed by atoms with Crippen molar-refractivity contribution in [3.63, 3.8) is 0 Å². The van der Waals surface area contributed by atoms with Crippen LogP contribution < -0.4 is 42.0 Å². The third-order valence-electron chi connectivity index (χ3n) is 9.39. The summed E-state index contributed by atoms with van der Waals surface area (Å²) >= 11 is 2.36. The van der Waals surface area contributed by atoms with E-state index in [2.05, 4.69) is 85.2 Å². The van der Waals surface area contributed by atoms with Gasteiger partial charge in [-0.15, -0.1) is 11.1 Å². The van der Waals surface area contributed by atoms with E-state index in [0.717, 1.165) is 81.2 Å². The monoisotopic (exact) mass is 835 g/mol. The van der Waals surface area contributed by atoms with Crippen LogP contribution in [0.2, 0.25) is 0 Å². The zero-order chi connectivity index (χ0) is 37.1. The van der Waals surface area contributed by atoms with E-state index in [0.29, 0.717) is 79.0 Å². The minimum absolute atomic E-state index is 0.0726. The zero-order valence-corrected chi connectivity index (χ0v) is 33.2. The van der Waals surface area contributed by atoms with Gasteiger partial charge in [0.1, 0.15) is 11.5 Å². The molecule has 0 spiro atoms. The standard InChI is InChI=1S/C36H58IN11O4/c1-26-14-16-29(17-15-26)41-36(50)28-22-33(51-20-6-4-10-30-24-47(3)45-42-30)32(12-8-18-39-35(49)13-9-19-40-44-38)34(23-28)52-21-7-5-11-31-25-48(27(2)37)46-43-31/h22-27,29,42-43,45-46H,4-21H2,1-3H3,(H,39,49)(H,41,50). The highest BCUT2D eigenvalue weighted by molar-refractivity contribution is 14.1. The van der Waals surface area contributed by atoms with Gasteiger partial charge in [-0.25, -0.2) is 0 Å². The Labute approximate surface area is 322 Å². The molecule has 2 amide bonds. The first-order valence-corrected chi connectivity index (χ1v) is 20.1. The van der Waals surface area contributed by atoms with Gasteiger partial charge in [0.05, 0.1) is 17.3 Å². The summed E-state index contributed by atoms with van der Waals surface area (Å²) in [5, 5.41) is 13.7. The van der Waals surface area contributed by atoms with Crippen molar-refractivity contribution in [2.24, 2.45) is 11.0 Å². The summed E-state index contributed by atoms with van der Waals surface area (Å²) < 4.78 is 13.3. The molecule has 0 saturated heterocycles. The number of nitrogens with zero attached hydrogens (tertiary/aromatic N) is 5. The molecule has 2 aliphatic heterocycles. The summed E-state index contributed by atoms with van der Waals surface area (Å²) in [6.07, 6.45) is 15.8. The van der Waals surface area contributed by atoms with Crippen LogP contribution in [-0.4, -0.2) is 65.3 Å². The van der Waals surface area contributed by atoms with Crippen LogP contribution in [0.25, 0.3) is 10.4 Å². The number of ether oxygens (including phenoxy) is 2. The van der Waals surface area contributed by atoms with Crippen LogP contribution >= 0.6 is 22.6 Å². The summed E-state index contributed by atoms with van der Waals surface area (Å²) in [6.45, 7) is 6.17. The van der Waals surface area contributed by atoms with Crippen molar-refractivity contribution in [3.05, 3.63) is 57.5 Å². The molecule has 15 nitrogen and oxygen atoms in total. The highest BCUT2D eigenvalue weighted by atomic mass is 127. The van der Waals surface area contributed by atoms with Gasteiger partial charge in [0, 0.05) is 72.4 Å². The van der Waals surface area contributed by atoms with Crippen LogP contribution in [0.4, 0.5) is 0 Å². The van der Waals surface area contributed by atoms with Crippen LogP contribution in [-0.2, 0) is 11.2 Å². The van der Waals surface area contributed by atoms with Crippen LogP contribution in [0.1, 0.15) is 113 Å². The third kappa shape index (κ3) is 14.4. The lowest BCUT2D eigenvalue weighted by atomic mass is 9.87. The van der Waals surface area contributed by atoms with Crippen LogP contribution in [0.15, 0.2) is 41.0 Å². The van der Waals surface area contributed by atoms with E-state index in [1.165, 1.54) is 0 Å². The number of nitrogens with one attached hydrogen (secondary N) is 6. The minimum atomic E-state index is -0.106. The van der Waals surface area contributed by atoms with E-state index in [4.69, 9.17) is 15.0 Å². The molecule has 0 radical (unpaired) electrons. The summed E-state index contributed by atoms with van der Waals surface area (Å²) in [4.78, 5) is 28.8. The van der Waals surface area contributed by atoms with E-state index in [1.54, 1.807) is 0 Å². The van der Waals surface area contributed by atoms with E-state index in [9.17, 15) is 9.59 Å². The largest absolute Gasteiger partial charge is 0.493 e. The fraction of sp³-hybridized carbons (Fsp3) is 0.667. The second-order valence-electron chi connectivity index (χ2n) is 13.9. The topological polar surface area (TPSA) is 180 Å². The van der Waals surface area contributed by atoms with Gasteiger partial charge < -0.3 is 31.0 Å². The first-order valence-electron chi connectivity index (χ1n) is 18.8. The molecule has 288 valence electrons.